The van der Waals surface area contributed by atoms with Gasteiger partial charge in [-0.15, -0.1) is 0 Å². The third kappa shape index (κ3) is 2.68. The summed E-state index contributed by atoms with van der Waals surface area (Å²) in [5.74, 6) is -0.653. The van der Waals surface area contributed by atoms with Crippen molar-refractivity contribution in [2.75, 3.05) is 12.0 Å². The Kier molecular flexibility index (Phi) is 4.29. The van der Waals surface area contributed by atoms with E-state index in [1.807, 2.05) is 24.3 Å². The van der Waals surface area contributed by atoms with E-state index in [2.05, 4.69) is 15.3 Å². The number of hydrogen-bond acceptors (Lipinski definition) is 6. The fourth-order valence-electron chi connectivity index (χ4n) is 4.29. The lowest BCUT2D eigenvalue weighted by Crippen LogP contribution is -2.53. The number of rotatable bonds is 4. The molecule has 4 heterocycles. The van der Waals surface area contributed by atoms with Crippen molar-refractivity contribution in [1.82, 2.24) is 15.3 Å². The topological polar surface area (TPSA) is 101 Å². The Labute approximate surface area is 171 Å². The standard InChI is InChI=1S/C22H18N4O4/c1-30-19(12-4-3-9-23-10-12)15-11-24-20-18-13(15)5-2-6-14(18)22(29)26(20)16-7-8-17(27)25-21(16)28/h2-6,9-11,16,19H,7-8H2,1H3,(H,25,27,28). The Balaban J connectivity index is 1.65. The molecule has 8 heteroatoms. The van der Waals surface area contributed by atoms with Crippen LogP contribution in [0.15, 0.2) is 48.9 Å². The second kappa shape index (κ2) is 7.00. The maximum atomic E-state index is 13.2. The Hall–Kier alpha value is -3.65. The molecule has 2 atom stereocenters. The monoisotopic (exact) mass is 402 g/mol. The Morgan fingerprint density at radius 1 is 1.17 bits per heavy atom. The molecule has 2 unspecified atom stereocenters. The number of methoxy groups -OCH3 is 1. The van der Waals surface area contributed by atoms with E-state index in [0.717, 1.165) is 16.5 Å². The van der Waals surface area contributed by atoms with Gasteiger partial charge < -0.3 is 4.74 Å². The lowest BCUT2D eigenvalue weighted by atomic mass is 9.97. The summed E-state index contributed by atoms with van der Waals surface area (Å²) in [5.41, 5.74) is 2.17. The number of imide groups is 1. The molecule has 0 bridgehead atoms. The van der Waals surface area contributed by atoms with Gasteiger partial charge in [0, 0.05) is 48.6 Å². The van der Waals surface area contributed by atoms with E-state index in [9.17, 15) is 14.4 Å². The number of nitrogens with zero attached hydrogens (tertiary/aromatic N) is 3. The lowest BCUT2D eigenvalue weighted by molar-refractivity contribution is -0.134. The summed E-state index contributed by atoms with van der Waals surface area (Å²) in [4.78, 5) is 47.3. The van der Waals surface area contributed by atoms with Crippen LogP contribution < -0.4 is 10.2 Å². The van der Waals surface area contributed by atoms with E-state index >= 15 is 0 Å². The Morgan fingerprint density at radius 3 is 2.77 bits per heavy atom. The zero-order valence-corrected chi connectivity index (χ0v) is 16.2. The first-order valence-corrected chi connectivity index (χ1v) is 9.61. The van der Waals surface area contributed by atoms with E-state index in [4.69, 9.17) is 4.74 Å². The molecule has 5 rings (SSSR count). The van der Waals surface area contributed by atoms with Crippen molar-refractivity contribution in [3.8, 4) is 0 Å². The van der Waals surface area contributed by atoms with Gasteiger partial charge in [0.2, 0.25) is 11.8 Å². The number of pyridine rings is 2. The third-order valence-corrected chi connectivity index (χ3v) is 5.63. The van der Waals surface area contributed by atoms with Crippen molar-refractivity contribution >= 4 is 34.3 Å². The first kappa shape index (κ1) is 18.4. The van der Waals surface area contributed by atoms with Gasteiger partial charge in [0.25, 0.3) is 5.91 Å². The first-order chi connectivity index (χ1) is 14.6. The van der Waals surface area contributed by atoms with Gasteiger partial charge in [-0.05, 0) is 23.9 Å². The van der Waals surface area contributed by atoms with Gasteiger partial charge >= 0.3 is 0 Å². The van der Waals surface area contributed by atoms with Crippen molar-refractivity contribution in [1.29, 1.82) is 0 Å². The van der Waals surface area contributed by atoms with E-state index in [-0.39, 0.29) is 24.7 Å². The SMILES string of the molecule is COC(c1cccnc1)c1cnc2c3c(cccc13)C(=O)N2C1CCC(=O)NC1=O. The molecule has 2 aliphatic heterocycles. The highest BCUT2D eigenvalue weighted by molar-refractivity contribution is 6.26. The summed E-state index contributed by atoms with van der Waals surface area (Å²) in [6.45, 7) is 0. The van der Waals surface area contributed by atoms with Gasteiger partial charge in [0.05, 0.1) is 5.56 Å². The molecular formula is C22H18N4O4. The second-order valence-corrected chi connectivity index (χ2v) is 7.31. The number of hydrogen-bond donors (Lipinski definition) is 1. The molecule has 1 N–H and O–H groups in total. The number of aromatic nitrogens is 2. The van der Waals surface area contributed by atoms with Crippen LogP contribution in [0.1, 0.15) is 40.4 Å². The van der Waals surface area contributed by atoms with Crippen molar-refractivity contribution in [3.63, 3.8) is 0 Å². The Bertz CT molecular complexity index is 1190. The van der Waals surface area contributed by atoms with E-state index in [1.165, 1.54) is 4.90 Å². The van der Waals surface area contributed by atoms with Gasteiger partial charge in [-0.1, -0.05) is 18.2 Å². The zero-order chi connectivity index (χ0) is 20.8. The second-order valence-electron chi connectivity index (χ2n) is 7.31. The number of amides is 3. The maximum absolute atomic E-state index is 13.2. The molecule has 0 aliphatic carbocycles. The number of piperidine rings is 1. The van der Waals surface area contributed by atoms with Crippen LogP contribution in [0.2, 0.25) is 0 Å². The Morgan fingerprint density at radius 2 is 2.03 bits per heavy atom. The minimum absolute atomic E-state index is 0.185. The quantitative estimate of drug-likeness (QED) is 0.671. The summed E-state index contributed by atoms with van der Waals surface area (Å²) in [5, 5.41) is 3.84. The van der Waals surface area contributed by atoms with Crippen LogP contribution in [-0.2, 0) is 14.3 Å². The van der Waals surface area contributed by atoms with Crippen LogP contribution in [-0.4, -0.2) is 40.8 Å². The average Bonchev–Trinajstić information content (AvgIpc) is 3.04. The summed E-state index contributed by atoms with van der Waals surface area (Å²) in [6.07, 6.45) is 5.16. The lowest BCUT2D eigenvalue weighted by Gasteiger charge is -2.29. The normalized spacial score (nSPS) is 19.3. The van der Waals surface area contributed by atoms with Crippen LogP contribution in [0, 0.1) is 0 Å². The minimum atomic E-state index is -0.763. The predicted molar refractivity (Wildman–Crippen MR) is 108 cm³/mol. The molecule has 1 fully saturated rings. The molecule has 0 saturated carbocycles. The predicted octanol–water partition coefficient (Wildman–Crippen LogP) is 2.13. The first-order valence-electron chi connectivity index (χ1n) is 9.61. The van der Waals surface area contributed by atoms with Crippen LogP contribution >= 0.6 is 0 Å². The van der Waals surface area contributed by atoms with E-state index in [0.29, 0.717) is 16.8 Å². The van der Waals surface area contributed by atoms with Crippen molar-refractivity contribution in [2.24, 2.45) is 0 Å². The fraction of sp³-hybridized carbons (Fsp3) is 0.227. The molecule has 2 aliphatic rings. The highest BCUT2D eigenvalue weighted by Gasteiger charge is 2.42. The fourth-order valence-corrected chi connectivity index (χ4v) is 4.29. The number of benzene rings is 1. The third-order valence-electron chi connectivity index (χ3n) is 5.63. The van der Waals surface area contributed by atoms with Gasteiger partial charge in [-0.25, -0.2) is 4.98 Å². The molecule has 8 nitrogen and oxygen atoms in total. The molecule has 0 radical (unpaired) electrons. The van der Waals surface area contributed by atoms with Gasteiger partial charge in [-0.3, -0.25) is 29.6 Å². The number of carbonyl (C=O) groups is 3. The average molecular weight is 402 g/mol. The number of ether oxygens (including phenoxy) is 1. The molecule has 3 aromatic rings. The van der Waals surface area contributed by atoms with Gasteiger partial charge in [0.1, 0.15) is 18.0 Å². The van der Waals surface area contributed by atoms with Crippen molar-refractivity contribution in [2.45, 2.75) is 25.0 Å². The molecule has 2 aromatic heterocycles. The zero-order valence-electron chi connectivity index (χ0n) is 16.2. The van der Waals surface area contributed by atoms with Gasteiger partial charge in [0.15, 0.2) is 0 Å². The van der Waals surface area contributed by atoms with Crippen LogP contribution in [0.25, 0.3) is 10.8 Å². The molecule has 1 saturated heterocycles. The highest BCUT2D eigenvalue weighted by atomic mass is 16.5. The highest BCUT2D eigenvalue weighted by Crippen LogP contribution is 2.41. The van der Waals surface area contributed by atoms with Crippen LogP contribution in [0.5, 0.6) is 0 Å². The largest absolute Gasteiger partial charge is 0.372 e. The summed E-state index contributed by atoms with van der Waals surface area (Å²) < 4.78 is 5.75. The van der Waals surface area contributed by atoms with E-state index in [1.54, 1.807) is 31.8 Å². The summed E-state index contributed by atoms with van der Waals surface area (Å²) >= 11 is 0. The summed E-state index contributed by atoms with van der Waals surface area (Å²) in [6, 6.07) is 8.46. The van der Waals surface area contributed by atoms with E-state index < -0.39 is 18.1 Å². The molecular weight excluding hydrogens is 384 g/mol. The minimum Gasteiger partial charge on any atom is -0.372 e. The molecule has 30 heavy (non-hydrogen) atoms. The molecule has 3 amide bonds. The molecule has 150 valence electrons. The van der Waals surface area contributed by atoms with Gasteiger partial charge in [-0.2, -0.15) is 0 Å². The number of carbonyl (C=O) groups excluding carboxylic acids is 3. The van der Waals surface area contributed by atoms with Crippen molar-refractivity contribution < 1.29 is 19.1 Å². The molecule has 0 spiro atoms. The summed E-state index contributed by atoms with van der Waals surface area (Å²) in [7, 11) is 1.61. The number of anilines is 1. The smallest absolute Gasteiger partial charge is 0.260 e. The van der Waals surface area contributed by atoms with Crippen molar-refractivity contribution in [3.05, 3.63) is 65.6 Å². The number of nitrogens with one attached hydrogen (secondary N) is 1. The maximum Gasteiger partial charge on any atom is 0.260 e. The molecule has 1 aromatic carbocycles. The van der Waals surface area contributed by atoms with Crippen LogP contribution in [0.3, 0.4) is 0 Å². The van der Waals surface area contributed by atoms with Crippen LogP contribution in [0.4, 0.5) is 5.82 Å².